The first kappa shape index (κ1) is 34.7. The smallest absolute Gasteiger partial charge is 0.0726 e. The molecule has 14 rings (SSSR count). The number of hydrogen-bond donors (Lipinski definition) is 0. The van der Waals surface area contributed by atoms with E-state index in [0.717, 1.165) is 6.42 Å². The molecule has 1 nitrogen and oxygen atoms in total. The van der Waals surface area contributed by atoms with Gasteiger partial charge < -0.3 is 4.57 Å². The molecule has 0 saturated carbocycles. The van der Waals surface area contributed by atoms with E-state index in [9.17, 15) is 0 Å². The van der Waals surface area contributed by atoms with E-state index in [4.69, 9.17) is 0 Å². The van der Waals surface area contributed by atoms with Crippen LogP contribution in [0.5, 0.6) is 0 Å². The molecule has 0 unspecified atom stereocenters. The first-order valence-electron chi connectivity index (χ1n) is 22.1. The van der Waals surface area contributed by atoms with Crippen molar-refractivity contribution in [3.63, 3.8) is 0 Å². The summed E-state index contributed by atoms with van der Waals surface area (Å²) in [4.78, 5) is 0. The topological polar surface area (TPSA) is 4.93 Å². The number of hydrogen-bond acceptors (Lipinski definition) is 0. The van der Waals surface area contributed by atoms with Crippen LogP contribution in [-0.2, 0) is 11.8 Å². The lowest BCUT2D eigenvalue weighted by Crippen LogP contribution is -2.26. The van der Waals surface area contributed by atoms with E-state index in [1.807, 2.05) is 0 Å². The number of nitrogens with zero attached hydrogens (tertiary/aromatic N) is 1. The van der Waals surface area contributed by atoms with Crippen molar-refractivity contribution in [2.75, 3.05) is 0 Å². The molecule has 1 aromatic heterocycles. The second kappa shape index (κ2) is 13.0. The molecule has 0 amide bonds. The molecule has 0 atom stereocenters. The van der Waals surface area contributed by atoms with Crippen molar-refractivity contribution in [1.29, 1.82) is 0 Å². The number of rotatable bonds is 3. The van der Waals surface area contributed by atoms with Gasteiger partial charge in [-0.25, -0.2) is 0 Å². The van der Waals surface area contributed by atoms with Crippen LogP contribution in [-0.4, -0.2) is 4.57 Å². The van der Waals surface area contributed by atoms with Gasteiger partial charge in [-0.05, 0) is 131 Å². The second-order valence-corrected chi connectivity index (χ2v) is 17.5. The summed E-state index contributed by atoms with van der Waals surface area (Å²) >= 11 is 0. The molecular formula is C62H39N. The molecule has 0 fully saturated rings. The SMILES string of the molecule is C1=Cc2cc(-c3ccc4c(c3)c3ccc5ccccc5c3n4-c3ccc4c(c3)C3(c5ccccc5-c5ccccc53)c3ccccc3-4)ccc2CC(c2cccc3ccccc23)=C1. The van der Waals surface area contributed by atoms with Crippen molar-refractivity contribution in [3.05, 3.63) is 257 Å². The minimum Gasteiger partial charge on any atom is -0.309 e. The van der Waals surface area contributed by atoms with Crippen molar-refractivity contribution in [2.45, 2.75) is 11.8 Å². The van der Waals surface area contributed by atoms with E-state index in [0.29, 0.717) is 0 Å². The molecule has 3 aliphatic carbocycles. The zero-order valence-corrected chi connectivity index (χ0v) is 34.5. The third kappa shape index (κ3) is 4.77. The molecule has 0 aliphatic heterocycles. The summed E-state index contributed by atoms with van der Waals surface area (Å²) in [6.45, 7) is 0. The highest BCUT2D eigenvalue weighted by Gasteiger charge is 2.51. The number of aromatic nitrogens is 1. The molecule has 0 saturated heterocycles. The Hall–Kier alpha value is -8.00. The minimum absolute atomic E-state index is 0.409. The Morgan fingerprint density at radius 2 is 1.00 bits per heavy atom. The molecule has 0 bridgehead atoms. The van der Waals surface area contributed by atoms with Gasteiger partial charge in [0.15, 0.2) is 0 Å². The van der Waals surface area contributed by atoms with Crippen LogP contribution in [0.15, 0.2) is 218 Å². The lowest BCUT2D eigenvalue weighted by Gasteiger charge is -2.30. The van der Waals surface area contributed by atoms with Gasteiger partial charge in [0.1, 0.15) is 0 Å². The first-order valence-corrected chi connectivity index (χ1v) is 22.1. The van der Waals surface area contributed by atoms with Gasteiger partial charge in [0.2, 0.25) is 0 Å². The van der Waals surface area contributed by atoms with Gasteiger partial charge in [0.25, 0.3) is 0 Å². The van der Waals surface area contributed by atoms with Crippen molar-refractivity contribution < 1.29 is 0 Å². The maximum Gasteiger partial charge on any atom is 0.0726 e. The van der Waals surface area contributed by atoms with Gasteiger partial charge in [0, 0.05) is 21.8 Å². The largest absolute Gasteiger partial charge is 0.309 e. The summed E-state index contributed by atoms with van der Waals surface area (Å²) in [5.74, 6) is 0. The van der Waals surface area contributed by atoms with Crippen LogP contribution in [0.2, 0.25) is 0 Å². The van der Waals surface area contributed by atoms with E-state index in [2.05, 4.69) is 229 Å². The summed E-state index contributed by atoms with van der Waals surface area (Å²) in [6.07, 6.45) is 7.71. The molecule has 1 heteroatoms. The maximum absolute atomic E-state index is 2.54. The average molecular weight is 798 g/mol. The summed E-state index contributed by atoms with van der Waals surface area (Å²) in [5, 5.41) is 7.60. The fourth-order valence-electron chi connectivity index (χ4n) is 11.8. The quantitative estimate of drug-likeness (QED) is 0.168. The Morgan fingerprint density at radius 3 is 1.76 bits per heavy atom. The van der Waals surface area contributed by atoms with Crippen LogP contribution in [0, 0.1) is 0 Å². The zero-order valence-electron chi connectivity index (χ0n) is 34.5. The van der Waals surface area contributed by atoms with E-state index in [1.54, 1.807) is 0 Å². The number of benzene rings is 10. The summed E-state index contributed by atoms with van der Waals surface area (Å²) in [6, 6.07) is 77.6. The Morgan fingerprint density at radius 1 is 0.397 bits per heavy atom. The number of allylic oxidation sites excluding steroid dienone is 3. The molecule has 292 valence electrons. The highest BCUT2D eigenvalue weighted by molar-refractivity contribution is 6.19. The average Bonchev–Trinajstić information content (AvgIpc) is 3.88. The highest BCUT2D eigenvalue weighted by atomic mass is 15.0. The molecule has 10 aromatic carbocycles. The lowest BCUT2D eigenvalue weighted by molar-refractivity contribution is 0.792. The van der Waals surface area contributed by atoms with E-state index in [-0.39, 0.29) is 0 Å². The van der Waals surface area contributed by atoms with Crippen LogP contribution < -0.4 is 0 Å². The molecule has 3 aliphatic rings. The molecule has 11 aromatic rings. The van der Waals surface area contributed by atoms with Crippen LogP contribution in [0.1, 0.15) is 38.9 Å². The molecule has 0 radical (unpaired) electrons. The summed E-state index contributed by atoms with van der Waals surface area (Å²) in [5.41, 5.74) is 21.7. The Bertz CT molecular complexity index is 3760. The van der Waals surface area contributed by atoms with Gasteiger partial charge in [-0.2, -0.15) is 0 Å². The predicted octanol–water partition coefficient (Wildman–Crippen LogP) is 15.8. The molecule has 1 heterocycles. The fourth-order valence-corrected chi connectivity index (χ4v) is 11.8. The van der Waals surface area contributed by atoms with E-state index < -0.39 is 5.41 Å². The second-order valence-electron chi connectivity index (χ2n) is 17.5. The van der Waals surface area contributed by atoms with Crippen molar-refractivity contribution in [1.82, 2.24) is 4.57 Å². The fraction of sp³-hybridized carbons (Fsp3) is 0.0323. The van der Waals surface area contributed by atoms with Crippen molar-refractivity contribution in [2.24, 2.45) is 0 Å². The summed E-state index contributed by atoms with van der Waals surface area (Å²) < 4.78 is 2.54. The first-order chi connectivity index (χ1) is 31.2. The summed E-state index contributed by atoms with van der Waals surface area (Å²) in [7, 11) is 0. The number of fused-ring (bicyclic) bond motifs is 17. The Kier molecular flexibility index (Phi) is 7.16. The predicted molar refractivity (Wildman–Crippen MR) is 265 cm³/mol. The Balaban J connectivity index is 0.944. The van der Waals surface area contributed by atoms with Crippen LogP contribution in [0.3, 0.4) is 0 Å². The van der Waals surface area contributed by atoms with Gasteiger partial charge >= 0.3 is 0 Å². The Labute approximate surface area is 366 Å². The van der Waals surface area contributed by atoms with Crippen LogP contribution in [0.25, 0.3) is 94.1 Å². The van der Waals surface area contributed by atoms with Gasteiger partial charge in [-0.1, -0.05) is 194 Å². The monoisotopic (exact) mass is 797 g/mol. The van der Waals surface area contributed by atoms with Gasteiger partial charge in [-0.3, -0.25) is 0 Å². The van der Waals surface area contributed by atoms with Crippen molar-refractivity contribution >= 4 is 55.0 Å². The third-order valence-electron chi connectivity index (χ3n) is 14.5. The third-order valence-corrected chi connectivity index (χ3v) is 14.5. The maximum atomic E-state index is 2.54. The highest BCUT2D eigenvalue weighted by Crippen LogP contribution is 2.63. The minimum atomic E-state index is -0.409. The molecule has 63 heavy (non-hydrogen) atoms. The van der Waals surface area contributed by atoms with Gasteiger partial charge in [-0.15, -0.1) is 0 Å². The molecule has 0 N–H and O–H groups in total. The molecular weight excluding hydrogens is 759 g/mol. The lowest BCUT2D eigenvalue weighted by atomic mass is 9.70. The van der Waals surface area contributed by atoms with E-state index in [1.165, 1.54) is 127 Å². The van der Waals surface area contributed by atoms with Gasteiger partial charge in [0.05, 0.1) is 16.4 Å². The van der Waals surface area contributed by atoms with Crippen LogP contribution in [0.4, 0.5) is 0 Å². The zero-order chi connectivity index (χ0) is 41.2. The van der Waals surface area contributed by atoms with Crippen LogP contribution >= 0.6 is 0 Å². The standard InChI is InChI=1S/C62H39N/c1-3-18-47-39(13-1)15-12-23-48(47)45-17-11-16-41-35-42(27-28-43(41)36-45)44-30-34-60-55(37-44)54-32-29-40-14-2-4-19-49(40)61(54)63(60)46-31-33-53-52-22-7-10-26-58(52)62(59(53)38-46)56-24-8-5-20-50(56)51-21-6-9-25-57(51)62/h1-35,37-38H,36H2. The van der Waals surface area contributed by atoms with E-state index >= 15 is 0 Å². The molecule has 1 spiro atoms. The normalized spacial score (nSPS) is 14.1. The van der Waals surface area contributed by atoms with Crippen molar-refractivity contribution in [3.8, 4) is 39.1 Å².